The van der Waals surface area contributed by atoms with E-state index in [0.717, 1.165) is 23.9 Å². The number of halogens is 1. The fourth-order valence-corrected chi connectivity index (χ4v) is 4.43. The van der Waals surface area contributed by atoms with E-state index in [4.69, 9.17) is 5.10 Å². The second-order valence-electron chi connectivity index (χ2n) is 6.06. The lowest BCUT2D eigenvalue weighted by Gasteiger charge is -2.46. The van der Waals surface area contributed by atoms with Gasteiger partial charge in [0.05, 0.1) is 5.69 Å². The summed E-state index contributed by atoms with van der Waals surface area (Å²) in [5.41, 5.74) is 2.68. The van der Waals surface area contributed by atoms with Gasteiger partial charge in [-0.25, -0.2) is 0 Å². The number of aryl methyl sites for hydroxylation is 1. The molecule has 1 aromatic rings. The Morgan fingerprint density at radius 3 is 2.89 bits per heavy atom. The van der Waals surface area contributed by atoms with Gasteiger partial charge in [-0.15, -0.1) is 0 Å². The van der Waals surface area contributed by atoms with E-state index < -0.39 is 0 Å². The number of rotatable bonds is 0. The standard InChI is InChI=1S/C14H19BrN2O/c1-8-10-5-4-9-12(16-17(3)13(9)15)14(10,2)7-6-11(8)18/h8,10H,4-7H2,1-3H3/t8-,10-,14-/m0/s1. The van der Waals surface area contributed by atoms with Crippen molar-refractivity contribution < 1.29 is 4.79 Å². The molecular weight excluding hydrogens is 292 g/mol. The first-order chi connectivity index (χ1) is 8.45. The Hall–Kier alpha value is -0.640. The average molecular weight is 311 g/mol. The minimum atomic E-state index is 0.0880. The smallest absolute Gasteiger partial charge is 0.136 e. The van der Waals surface area contributed by atoms with Crippen molar-refractivity contribution in [3.05, 3.63) is 15.9 Å². The van der Waals surface area contributed by atoms with Gasteiger partial charge in [0, 0.05) is 30.4 Å². The van der Waals surface area contributed by atoms with E-state index in [1.165, 1.54) is 11.3 Å². The summed E-state index contributed by atoms with van der Waals surface area (Å²) in [7, 11) is 1.98. The highest BCUT2D eigenvalue weighted by atomic mass is 79.9. The fourth-order valence-electron chi connectivity index (χ4n) is 3.96. The summed E-state index contributed by atoms with van der Waals surface area (Å²) in [4.78, 5) is 11.9. The van der Waals surface area contributed by atoms with Crippen LogP contribution in [-0.2, 0) is 23.7 Å². The zero-order chi connectivity index (χ0) is 13.1. The molecule has 0 aromatic carbocycles. The van der Waals surface area contributed by atoms with Crippen molar-refractivity contribution in [2.45, 2.75) is 44.9 Å². The number of nitrogens with zero attached hydrogens (tertiary/aromatic N) is 2. The molecule has 0 amide bonds. The number of ketones is 1. The average Bonchev–Trinajstić information content (AvgIpc) is 2.63. The van der Waals surface area contributed by atoms with Gasteiger partial charge in [-0.1, -0.05) is 13.8 Å². The fraction of sp³-hybridized carbons (Fsp3) is 0.714. The Morgan fingerprint density at radius 2 is 2.17 bits per heavy atom. The zero-order valence-corrected chi connectivity index (χ0v) is 12.7. The predicted molar refractivity (Wildman–Crippen MR) is 73.5 cm³/mol. The molecule has 0 saturated heterocycles. The number of aromatic nitrogens is 2. The Labute approximate surface area is 116 Å². The van der Waals surface area contributed by atoms with Crippen molar-refractivity contribution in [3.63, 3.8) is 0 Å². The second-order valence-corrected chi connectivity index (χ2v) is 6.81. The van der Waals surface area contributed by atoms with Crippen LogP contribution in [0.15, 0.2) is 4.60 Å². The maximum atomic E-state index is 11.9. The molecule has 1 saturated carbocycles. The number of Topliss-reactive ketones (excluding diaryl/α,β-unsaturated/α-hetero) is 1. The van der Waals surface area contributed by atoms with Gasteiger partial charge in [0.25, 0.3) is 0 Å². The molecule has 0 aliphatic heterocycles. The third-order valence-electron chi connectivity index (χ3n) is 5.14. The molecule has 4 heteroatoms. The lowest BCUT2D eigenvalue weighted by molar-refractivity contribution is -0.128. The number of carbonyl (C=O) groups is 1. The summed E-state index contributed by atoms with van der Waals surface area (Å²) >= 11 is 3.64. The lowest BCUT2D eigenvalue weighted by Crippen LogP contribution is -2.46. The summed E-state index contributed by atoms with van der Waals surface area (Å²) in [5.74, 6) is 1.10. The zero-order valence-electron chi connectivity index (χ0n) is 11.2. The van der Waals surface area contributed by atoms with Crippen molar-refractivity contribution >= 4 is 21.7 Å². The first-order valence-corrected chi connectivity index (χ1v) is 7.49. The SMILES string of the molecule is C[C@@H]1C(=O)CC[C@]2(C)c3nn(C)c(Br)c3CC[C@@H]12. The van der Waals surface area contributed by atoms with Gasteiger partial charge in [-0.2, -0.15) is 5.10 Å². The van der Waals surface area contributed by atoms with Gasteiger partial charge < -0.3 is 0 Å². The Kier molecular flexibility index (Phi) is 2.70. The summed E-state index contributed by atoms with van der Waals surface area (Å²) < 4.78 is 3.04. The number of carbonyl (C=O) groups excluding carboxylic acids is 1. The van der Waals surface area contributed by atoms with Crippen LogP contribution < -0.4 is 0 Å². The normalized spacial score (nSPS) is 35.2. The van der Waals surface area contributed by atoms with Crippen LogP contribution in [0.1, 0.15) is 44.4 Å². The van der Waals surface area contributed by atoms with Gasteiger partial charge >= 0.3 is 0 Å². The van der Waals surface area contributed by atoms with Crippen molar-refractivity contribution in [1.29, 1.82) is 0 Å². The highest BCUT2D eigenvalue weighted by molar-refractivity contribution is 9.10. The van der Waals surface area contributed by atoms with E-state index >= 15 is 0 Å². The Morgan fingerprint density at radius 1 is 1.44 bits per heavy atom. The minimum Gasteiger partial charge on any atom is -0.299 e. The molecule has 0 bridgehead atoms. The molecule has 0 N–H and O–H groups in total. The first kappa shape index (κ1) is 12.4. The summed E-state index contributed by atoms with van der Waals surface area (Å²) in [6.45, 7) is 4.41. The molecule has 1 fully saturated rings. The molecule has 0 radical (unpaired) electrons. The maximum absolute atomic E-state index is 11.9. The van der Waals surface area contributed by atoms with Crippen LogP contribution in [-0.4, -0.2) is 15.6 Å². The lowest BCUT2D eigenvalue weighted by atomic mass is 9.56. The molecule has 1 aromatic heterocycles. The molecule has 1 heterocycles. The van der Waals surface area contributed by atoms with Gasteiger partial charge in [0.2, 0.25) is 0 Å². The Balaban J connectivity index is 2.12. The minimum absolute atomic E-state index is 0.0880. The van der Waals surface area contributed by atoms with Crippen molar-refractivity contribution in [2.24, 2.45) is 18.9 Å². The molecule has 3 rings (SSSR count). The van der Waals surface area contributed by atoms with Crippen molar-refractivity contribution in [3.8, 4) is 0 Å². The van der Waals surface area contributed by atoms with Crippen LogP contribution in [0.2, 0.25) is 0 Å². The van der Waals surface area contributed by atoms with Crippen molar-refractivity contribution in [2.75, 3.05) is 0 Å². The molecule has 0 unspecified atom stereocenters. The van der Waals surface area contributed by atoms with Crippen LogP contribution >= 0.6 is 15.9 Å². The molecule has 18 heavy (non-hydrogen) atoms. The number of hydrogen-bond donors (Lipinski definition) is 0. The van der Waals surface area contributed by atoms with E-state index in [-0.39, 0.29) is 11.3 Å². The summed E-state index contributed by atoms with van der Waals surface area (Å²) in [5, 5.41) is 4.72. The third kappa shape index (κ3) is 1.47. The predicted octanol–water partition coefficient (Wildman–Crippen LogP) is 3.00. The van der Waals surface area contributed by atoms with E-state index in [0.29, 0.717) is 18.1 Å². The number of hydrogen-bond acceptors (Lipinski definition) is 2. The monoisotopic (exact) mass is 310 g/mol. The Bertz CT molecular complexity index is 522. The molecule has 2 aliphatic carbocycles. The largest absolute Gasteiger partial charge is 0.299 e. The van der Waals surface area contributed by atoms with E-state index in [1.807, 2.05) is 11.7 Å². The molecule has 98 valence electrons. The van der Waals surface area contributed by atoms with E-state index in [1.54, 1.807) is 0 Å². The van der Waals surface area contributed by atoms with E-state index in [9.17, 15) is 4.79 Å². The van der Waals surface area contributed by atoms with Crippen LogP contribution in [0.4, 0.5) is 0 Å². The van der Waals surface area contributed by atoms with Crippen LogP contribution in [0.5, 0.6) is 0 Å². The topological polar surface area (TPSA) is 34.9 Å². The van der Waals surface area contributed by atoms with E-state index in [2.05, 4.69) is 29.8 Å². The van der Waals surface area contributed by atoms with Gasteiger partial charge in [-0.05, 0) is 41.1 Å². The third-order valence-corrected chi connectivity index (χ3v) is 6.13. The molecule has 2 aliphatic rings. The number of fused-ring (bicyclic) bond motifs is 3. The second kappa shape index (κ2) is 3.92. The molecule has 3 nitrogen and oxygen atoms in total. The van der Waals surface area contributed by atoms with Crippen LogP contribution in [0.3, 0.4) is 0 Å². The molecule has 3 atom stereocenters. The summed E-state index contributed by atoms with van der Waals surface area (Å²) in [6, 6.07) is 0. The quantitative estimate of drug-likeness (QED) is 0.738. The van der Waals surface area contributed by atoms with Gasteiger partial charge in [-0.3, -0.25) is 9.48 Å². The summed E-state index contributed by atoms with van der Waals surface area (Å²) in [6.07, 6.45) is 3.82. The highest BCUT2D eigenvalue weighted by Crippen LogP contribution is 2.51. The van der Waals surface area contributed by atoms with Crippen LogP contribution in [0.25, 0.3) is 0 Å². The highest BCUT2D eigenvalue weighted by Gasteiger charge is 2.49. The van der Waals surface area contributed by atoms with Gasteiger partial charge in [0.15, 0.2) is 0 Å². The maximum Gasteiger partial charge on any atom is 0.136 e. The van der Waals surface area contributed by atoms with Gasteiger partial charge in [0.1, 0.15) is 10.4 Å². The molecule has 0 spiro atoms. The van der Waals surface area contributed by atoms with Crippen LogP contribution in [0, 0.1) is 11.8 Å². The first-order valence-electron chi connectivity index (χ1n) is 6.69. The molecular formula is C14H19BrN2O. The van der Waals surface area contributed by atoms with Crippen molar-refractivity contribution in [1.82, 2.24) is 9.78 Å².